The Hall–Kier alpha value is -2.60. The molecule has 2 aromatic rings. The van der Waals surface area contributed by atoms with Gasteiger partial charge in [0, 0.05) is 25.9 Å². The SMILES string of the molecule is COCCn1cc(NC(=O)c2ccc(C)cc2O)ccc1=O. The number of hydrogen-bond acceptors (Lipinski definition) is 4. The van der Waals surface area contributed by atoms with E-state index in [0.29, 0.717) is 18.8 Å². The molecule has 0 aliphatic heterocycles. The van der Waals surface area contributed by atoms with Crippen LogP contribution in [0.2, 0.25) is 0 Å². The molecule has 0 saturated carbocycles. The van der Waals surface area contributed by atoms with Crippen LogP contribution in [0.4, 0.5) is 5.69 Å². The number of benzene rings is 1. The van der Waals surface area contributed by atoms with Gasteiger partial charge in [0.15, 0.2) is 0 Å². The van der Waals surface area contributed by atoms with Crippen molar-refractivity contribution in [3.05, 3.63) is 58.0 Å². The number of amides is 1. The number of methoxy groups -OCH3 is 1. The highest BCUT2D eigenvalue weighted by Gasteiger charge is 2.11. The molecule has 0 atom stereocenters. The first-order chi connectivity index (χ1) is 10.5. The summed E-state index contributed by atoms with van der Waals surface area (Å²) in [5, 5.41) is 12.5. The summed E-state index contributed by atoms with van der Waals surface area (Å²) in [7, 11) is 1.55. The Labute approximate surface area is 128 Å². The van der Waals surface area contributed by atoms with Gasteiger partial charge in [0.05, 0.1) is 17.9 Å². The number of nitrogens with zero attached hydrogens (tertiary/aromatic N) is 1. The second-order valence-corrected chi connectivity index (χ2v) is 4.92. The van der Waals surface area contributed by atoms with Crippen molar-refractivity contribution < 1.29 is 14.6 Å². The number of rotatable bonds is 5. The van der Waals surface area contributed by atoms with Gasteiger partial charge in [-0.3, -0.25) is 9.59 Å². The van der Waals surface area contributed by atoms with E-state index in [1.54, 1.807) is 25.4 Å². The number of carbonyl (C=O) groups excluding carboxylic acids is 1. The first-order valence-electron chi connectivity index (χ1n) is 6.81. The molecule has 6 nitrogen and oxygen atoms in total. The van der Waals surface area contributed by atoms with E-state index >= 15 is 0 Å². The molecule has 0 aliphatic rings. The lowest BCUT2D eigenvalue weighted by molar-refractivity contribution is 0.102. The maximum atomic E-state index is 12.2. The summed E-state index contributed by atoms with van der Waals surface area (Å²) >= 11 is 0. The number of hydrogen-bond donors (Lipinski definition) is 2. The number of ether oxygens (including phenoxy) is 1. The number of pyridine rings is 1. The second kappa shape index (κ2) is 6.91. The van der Waals surface area contributed by atoms with E-state index in [1.165, 1.54) is 22.8 Å². The van der Waals surface area contributed by atoms with Gasteiger partial charge in [-0.15, -0.1) is 0 Å². The lowest BCUT2D eigenvalue weighted by Gasteiger charge is -2.10. The van der Waals surface area contributed by atoms with Crippen molar-refractivity contribution in [3.63, 3.8) is 0 Å². The third-order valence-corrected chi connectivity index (χ3v) is 3.18. The lowest BCUT2D eigenvalue weighted by atomic mass is 10.1. The van der Waals surface area contributed by atoms with Crippen LogP contribution < -0.4 is 10.9 Å². The molecule has 2 N–H and O–H groups in total. The van der Waals surface area contributed by atoms with Crippen LogP contribution in [0.25, 0.3) is 0 Å². The van der Waals surface area contributed by atoms with Crippen molar-refractivity contribution in [2.75, 3.05) is 19.0 Å². The molecular formula is C16H18N2O4. The Morgan fingerprint density at radius 3 is 2.77 bits per heavy atom. The number of aromatic hydroxyl groups is 1. The average Bonchev–Trinajstić information content (AvgIpc) is 2.47. The summed E-state index contributed by atoms with van der Waals surface area (Å²) < 4.78 is 6.39. The van der Waals surface area contributed by atoms with E-state index in [9.17, 15) is 14.7 Å². The van der Waals surface area contributed by atoms with Gasteiger partial charge in [0.25, 0.3) is 11.5 Å². The zero-order valence-electron chi connectivity index (χ0n) is 12.5. The van der Waals surface area contributed by atoms with Crippen LogP contribution >= 0.6 is 0 Å². The van der Waals surface area contributed by atoms with Gasteiger partial charge < -0.3 is 19.7 Å². The monoisotopic (exact) mass is 302 g/mol. The van der Waals surface area contributed by atoms with Crippen LogP contribution in [0.5, 0.6) is 5.75 Å². The summed E-state index contributed by atoms with van der Waals surface area (Å²) in [5.74, 6) is -0.514. The number of nitrogens with one attached hydrogen (secondary N) is 1. The summed E-state index contributed by atoms with van der Waals surface area (Å²) in [6, 6.07) is 7.72. The fourth-order valence-corrected chi connectivity index (χ4v) is 2.00. The molecule has 6 heteroatoms. The molecule has 0 fully saturated rings. The molecule has 0 radical (unpaired) electrons. The number of aromatic nitrogens is 1. The van der Waals surface area contributed by atoms with E-state index in [4.69, 9.17) is 4.74 Å². The number of phenolic OH excluding ortho intramolecular Hbond substituents is 1. The number of anilines is 1. The van der Waals surface area contributed by atoms with Gasteiger partial charge >= 0.3 is 0 Å². The summed E-state index contributed by atoms with van der Waals surface area (Å²) in [5.41, 5.74) is 1.34. The third kappa shape index (κ3) is 3.73. The normalized spacial score (nSPS) is 10.5. The highest BCUT2D eigenvalue weighted by Crippen LogP contribution is 2.19. The van der Waals surface area contributed by atoms with Crippen molar-refractivity contribution in [2.45, 2.75) is 13.5 Å². The maximum Gasteiger partial charge on any atom is 0.259 e. The molecule has 0 spiro atoms. The molecule has 1 aromatic heterocycles. The van der Waals surface area contributed by atoms with Crippen molar-refractivity contribution >= 4 is 11.6 Å². The van der Waals surface area contributed by atoms with Gasteiger partial charge in [-0.25, -0.2) is 0 Å². The predicted molar refractivity (Wildman–Crippen MR) is 83.4 cm³/mol. The maximum absolute atomic E-state index is 12.2. The molecule has 2 rings (SSSR count). The topological polar surface area (TPSA) is 80.6 Å². The number of carbonyl (C=O) groups is 1. The first-order valence-corrected chi connectivity index (χ1v) is 6.81. The van der Waals surface area contributed by atoms with Crippen molar-refractivity contribution in [2.24, 2.45) is 0 Å². The molecule has 0 saturated heterocycles. The summed E-state index contributed by atoms with van der Waals surface area (Å²) in [6.45, 7) is 2.62. The lowest BCUT2D eigenvalue weighted by Crippen LogP contribution is -2.22. The molecule has 1 aromatic carbocycles. The quantitative estimate of drug-likeness (QED) is 0.882. The van der Waals surface area contributed by atoms with Crippen LogP contribution in [-0.2, 0) is 11.3 Å². The van der Waals surface area contributed by atoms with Gasteiger partial charge in [-0.05, 0) is 30.7 Å². The number of phenols is 1. The largest absolute Gasteiger partial charge is 0.507 e. The summed E-state index contributed by atoms with van der Waals surface area (Å²) in [4.78, 5) is 23.9. The Bertz CT molecular complexity index is 737. The minimum Gasteiger partial charge on any atom is -0.507 e. The Balaban J connectivity index is 2.19. The van der Waals surface area contributed by atoms with Crippen LogP contribution in [0.3, 0.4) is 0 Å². The van der Waals surface area contributed by atoms with E-state index in [-0.39, 0.29) is 16.9 Å². The second-order valence-electron chi connectivity index (χ2n) is 4.92. The van der Waals surface area contributed by atoms with Crippen LogP contribution in [0, 0.1) is 6.92 Å². The highest BCUT2D eigenvalue weighted by atomic mass is 16.5. The van der Waals surface area contributed by atoms with Gasteiger partial charge in [0.2, 0.25) is 0 Å². The molecule has 116 valence electrons. The van der Waals surface area contributed by atoms with Crippen LogP contribution in [0.15, 0.2) is 41.3 Å². The predicted octanol–water partition coefficient (Wildman–Crippen LogP) is 1.76. The standard InChI is InChI=1S/C16H18N2O4/c1-11-3-5-13(14(19)9-11)16(21)17-12-4-6-15(20)18(10-12)7-8-22-2/h3-6,9-10,19H,7-8H2,1-2H3,(H,17,21). The Morgan fingerprint density at radius 1 is 1.32 bits per heavy atom. The zero-order valence-corrected chi connectivity index (χ0v) is 12.5. The van der Waals surface area contributed by atoms with Gasteiger partial charge in [0.1, 0.15) is 5.75 Å². The van der Waals surface area contributed by atoms with Crippen LogP contribution in [0.1, 0.15) is 15.9 Å². The average molecular weight is 302 g/mol. The molecule has 0 bridgehead atoms. The highest BCUT2D eigenvalue weighted by molar-refractivity contribution is 6.06. The molecule has 0 aliphatic carbocycles. The Kier molecular flexibility index (Phi) is 4.95. The van der Waals surface area contributed by atoms with Crippen molar-refractivity contribution in [1.29, 1.82) is 0 Å². The molecule has 0 unspecified atom stereocenters. The minimum absolute atomic E-state index is 0.0785. The van der Waals surface area contributed by atoms with E-state index in [2.05, 4.69) is 5.32 Å². The van der Waals surface area contributed by atoms with Crippen molar-refractivity contribution in [3.8, 4) is 5.75 Å². The summed E-state index contributed by atoms with van der Waals surface area (Å²) in [6.07, 6.45) is 1.55. The Morgan fingerprint density at radius 2 is 2.09 bits per heavy atom. The first kappa shape index (κ1) is 15.8. The van der Waals surface area contributed by atoms with E-state index in [0.717, 1.165) is 5.56 Å². The fourth-order valence-electron chi connectivity index (χ4n) is 2.00. The third-order valence-electron chi connectivity index (χ3n) is 3.18. The molecule has 22 heavy (non-hydrogen) atoms. The number of aryl methyl sites for hydroxylation is 1. The van der Waals surface area contributed by atoms with E-state index in [1.807, 2.05) is 6.92 Å². The van der Waals surface area contributed by atoms with Gasteiger partial charge in [-0.2, -0.15) is 0 Å². The van der Waals surface area contributed by atoms with E-state index < -0.39 is 5.91 Å². The molecule has 1 amide bonds. The minimum atomic E-state index is -0.436. The smallest absolute Gasteiger partial charge is 0.259 e. The van der Waals surface area contributed by atoms with Crippen LogP contribution in [-0.4, -0.2) is 29.3 Å². The fraction of sp³-hybridized carbons (Fsp3) is 0.250. The molecule has 1 heterocycles. The zero-order chi connectivity index (χ0) is 16.1. The van der Waals surface area contributed by atoms with Gasteiger partial charge in [-0.1, -0.05) is 6.07 Å². The van der Waals surface area contributed by atoms with Crippen molar-refractivity contribution in [1.82, 2.24) is 4.57 Å². The molecular weight excluding hydrogens is 284 g/mol.